The van der Waals surface area contributed by atoms with E-state index in [1.807, 2.05) is 11.7 Å². The van der Waals surface area contributed by atoms with E-state index in [4.69, 9.17) is 5.73 Å². The van der Waals surface area contributed by atoms with Crippen molar-refractivity contribution in [2.45, 2.75) is 52.4 Å². The van der Waals surface area contributed by atoms with E-state index in [-0.39, 0.29) is 0 Å². The van der Waals surface area contributed by atoms with Crippen LogP contribution in [0.1, 0.15) is 58.1 Å². The normalized spacial score (nSPS) is 23.8. The van der Waals surface area contributed by atoms with Crippen molar-refractivity contribution in [1.82, 2.24) is 9.78 Å². The van der Waals surface area contributed by atoms with Crippen LogP contribution in [0.15, 0.2) is 0 Å². The first-order chi connectivity index (χ1) is 9.00. The standard InChI is InChI=1S/C15H28N4/c1-10(2)14-13(16)15(19(4)18-14)17-9-12-8-6-5-7-11(12)3/h10-12,17H,5-9,16H2,1-4H3. The molecule has 0 radical (unpaired) electrons. The first-order valence-electron chi connectivity index (χ1n) is 7.57. The maximum absolute atomic E-state index is 6.21. The molecule has 4 heteroatoms. The molecule has 0 amide bonds. The van der Waals surface area contributed by atoms with E-state index in [1.54, 1.807) is 0 Å². The number of anilines is 2. The second-order valence-corrected chi connectivity index (χ2v) is 6.33. The molecule has 2 unspecified atom stereocenters. The van der Waals surface area contributed by atoms with Gasteiger partial charge >= 0.3 is 0 Å². The third-order valence-electron chi connectivity index (χ3n) is 4.48. The fourth-order valence-corrected chi connectivity index (χ4v) is 3.12. The largest absolute Gasteiger partial charge is 0.394 e. The van der Waals surface area contributed by atoms with E-state index in [0.29, 0.717) is 5.92 Å². The second-order valence-electron chi connectivity index (χ2n) is 6.33. The Morgan fingerprint density at radius 1 is 1.37 bits per heavy atom. The number of nitrogen functional groups attached to an aromatic ring is 1. The number of aryl methyl sites for hydroxylation is 1. The van der Waals surface area contributed by atoms with E-state index in [9.17, 15) is 0 Å². The molecule has 4 nitrogen and oxygen atoms in total. The summed E-state index contributed by atoms with van der Waals surface area (Å²) in [5, 5.41) is 8.05. The monoisotopic (exact) mass is 264 g/mol. The van der Waals surface area contributed by atoms with Crippen LogP contribution in [0.5, 0.6) is 0 Å². The van der Waals surface area contributed by atoms with Gasteiger partial charge in [-0.2, -0.15) is 5.10 Å². The molecule has 1 aliphatic rings. The Morgan fingerprint density at radius 3 is 2.63 bits per heavy atom. The molecule has 1 saturated carbocycles. The Balaban J connectivity index is 2.03. The highest BCUT2D eigenvalue weighted by atomic mass is 15.3. The molecule has 0 aromatic carbocycles. The number of hydrogen-bond acceptors (Lipinski definition) is 3. The minimum atomic E-state index is 0.371. The van der Waals surface area contributed by atoms with Crippen molar-refractivity contribution in [3.05, 3.63) is 5.69 Å². The third kappa shape index (κ3) is 3.04. The molecule has 19 heavy (non-hydrogen) atoms. The summed E-state index contributed by atoms with van der Waals surface area (Å²) in [6, 6.07) is 0. The molecule has 1 aliphatic carbocycles. The van der Waals surface area contributed by atoms with Gasteiger partial charge in [0, 0.05) is 13.6 Å². The molecule has 1 aromatic heterocycles. The minimum Gasteiger partial charge on any atom is -0.394 e. The molecular formula is C15H28N4. The molecule has 2 atom stereocenters. The SMILES string of the molecule is CC(C)c1nn(C)c(NCC2CCCCC2C)c1N. The lowest BCUT2D eigenvalue weighted by Gasteiger charge is -2.29. The summed E-state index contributed by atoms with van der Waals surface area (Å²) in [7, 11) is 1.97. The summed E-state index contributed by atoms with van der Waals surface area (Å²) in [5.74, 6) is 2.95. The van der Waals surface area contributed by atoms with Crippen LogP contribution in [0.2, 0.25) is 0 Å². The molecule has 2 rings (SSSR count). The Hall–Kier alpha value is -1.19. The van der Waals surface area contributed by atoms with Crippen LogP contribution in [-0.4, -0.2) is 16.3 Å². The summed E-state index contributed by atoms with van der Waals surface area (Å²) >= 11 is 0. The van der Waals surface area contributed by atoms with Gasteiger partial charge in [0.2, 0.25) is 0 Å². The number of nitrogens with two attached hydrogens (primary N) is 1. The van der Waals surface area contributed by atoms with Gasteiger partial charge in [-0.3, -0.25) is 4.68 Å². The van der Waals surface area contributed by atoms with Gasteiger partial charge in [0.15, 0.2) is 0 Å². The van der Waals surface area contributed by atoms with Gasteiger partial charge in [0.05, 0.1) is 11.4 Å². The third-order valence-corrected chi connectivity index (χ3v) is 4.48. The quantitative estimate of drug-likeness (QED) is 0.876. The van der Waals surface area contributed by atoms with E-state index >= 15 is 0 Å². The second kappa shape index (κ2) is 5.85. The lowest BCUT2D eigenvalue weighted by Crippen LogP contribution is -2.25. The molecular weight excluding hydrogens is 236 g/mol. The lowest BCUT2D eigenvalue weighted by molar-refractivity contribution is 0.268. The Kier molecular flexibility index (Phi) is 4.38. The number of hydrogen-bond donors (Lipinski definition) is 2. The zero-order valence-corrected chi connectivity index (χ0v) is 12.7. The van der Waals surface area contributed by atoms with Gasteiger partial charge in [-0.15, -0.1) is 0 Å². The predicted octanol–water partition coefficient (Wildman–Crippen LogP) is 3.36. The topological polar surface area (TPSA) is 55.9 Å². The Morgan fingerprint density at radius 2 is 2.05 bits per heavy atom. The van der Waals surface area contributed by atoms with Crippen LogP contribution in [-0.2, 0) is 7.05 Å². The average molecular weight is 264 g/mol. The smallest absolute Gasteiger partial charge is 0.147 e. The summed E-state index contributed by atoms with van der Waals surface area (Å²) in [6.45, 7) is 7.65. The summed E-state index contributed by atoms with van der Waals surface area (Å²) in [5.41, 5.74) is 8.03. The highest BCUT2D eigenvalue weighted by Crippen LogP contribution is 2.32. The number of rotatable bonds is 4. The van der Waals surface area contributed by atoms with Crippen LogP contribution in [0.4, 0.5) is 11.5 Å². The maximum Gasteiger partial charge on any atom is 0.147 e. The first kappa shape index (κ1) is 14.2. The summed E-state index contributed by atoms with van der Waals surface area (Å²) in [4.78, 5) is 0. The molecule has 0 aliphatic heterocycles. The van der Waals surface area contributed by atoms with Crippen LogP contribution >= 0.6 is 0 Å². The van der Waals surface area contributed by atoms with Gasteiger partial charge in [-0.1, -0.05) is 40.0 Å². The molecule has 108 valence electrons. The van der Waals surface area contributed by atoms with Crippen molar-refractivity contribution in [2.24, 2.45) is 18.9 Å². The Labute approximate surface area is 116 Å². The number of nitrogens with one attached hydrogen (secondary N) is 1. The molecule has 0 bridgehead atoms. The van der Waals surface area contributed by atoms with E-state index < -0.39 is 0 Å². The van der Waals surface area contributed by atoms with Crippen LogP contribution in [0.25, 0.3) is 0 Å². The van der Waals surface area contributed by atoms with E-state index in [0.717, 1.165) is 35.6 Å². The van der Waals surface area contributed by atoms with Crippen molar-refractivity contribution >= 4 is 11.5 Å². The van der Waals surface area contributed by atoms with E-state index in [1.165, 1.54) is 25.7 Å². The van der Waals surface area contributed by atoms with E-state index in [2.05, 4.69) is 31.2 Å². The number of aromatic nitrogens is 2. The van der Waals surface area contributed by atoms with Gasteiger partial charge in [0.25, 0.3) is 0 Å². The lowest BCUT2D eigenvalue weighted by atomic mass is 9.80. The van der Waals surface area contributed by atoms with Crippen LogP contribution in [0, 0.1) is 11.8 Å². The van der Waals surface area contributed by atoms with Crippen LogP contribution < -0.4 is 11.1 Å². The number of nitrogens with zero attached hydrogens (tertiary/aromatic N) is 2. The fourth-order valence-electron chi connectivity index (χ4n) is 3.12. The van der Waals surface area contributed by atoms with Crippen LogP contribution in [0.3, 0.4) is 0 Å². The molecule has 0 saturated heterocycles. The average Bonchev–Trinajstić information content (AvgIpc) is 2.65. The highest BCUT2D eigenvalue weighted by molar-refractivity contribution is 5.65. The molecule has 3 N–H and O–H groups in total. The van der Waals surface area contributed by atoms with Gasteiger partial charge in [-0.25, -0.2) is 0 Å². The zero-order valence-electron chi connectivity index (χ0n) is 12.7. The van der Waals surface area contributed by atoms with Gasteiger partial charge in [0.1, 0.15) is 5.82 Å². The minimum absolute atomic E-state index is 0.371. The highest BCUT2D eigenvalue weighted by Gasteiger charge is 2.22. The molecule has 0 spiro atoms. The van der Waals surface area contributed by atoms with Crippen molar-refractivity contribution in [2.75, 3.05) is 17.6 Å². The summed E-state index contributed by atoms with van der Waals surface area (Å²) < 4.78 is 1.89. The first-order valence-corrected chi connectivity index (χ1v) is 7.57. The van der Waals surface area contributed by atoms with Crippen molar-refractivity contribution in [3.63, 3.8) is 0 Å². The Bertz CT molecular complexity index is 422. The molecule has 1 heterocycles. The van der Waals surface area contributed by atoms with Crippen molar-refractivity contribution < 1.29 is 0 Å². The molecule has 1 fully saturated rings. The summed E-state index contributed by atoms with van der Waals surface area (Å²) in [6.07, 6.45) is 5.46. The maximum atomic E-state index is 6.21. The molecule has 1 aromatic rings. The van der Waals surface area contributed by atoms with Gasteiger partial charge < -0.3 is 11.1 Å². The van der Waals surface area contributed by atoms with Gasteiger partial charge in [-0.05, 0) is 24.2 Å². The fraction of sp³-hybridized carbons (Fsp3) is 0.800. The van der Waals surface area contributed by atoms with Crippen molar-refractivity contribution in [3.8, 4) is 0 Å². The predicted molar refractivity (Wildman–Crippen MR) is 81.3 cm³/mol. The van der Waals surface area contributed by atoms with Crippen molar-refractivity contribution in [1.29, 1.82) is 0 Å². The zero-order chi connectivity index (χ0) is 14.0.